The summed E-state index contributed by atoms with van der Waals surface area (Å²) in [5.41, 5.74) is 2.92. The van der Waals surface area contributed by atoms with E-state index in [-0.39, 0.29) is 17.9 Å². The molecule has 2 N–H and O–H groups in total. The van der Waals surface area contributed by atoms with Crippen molar-refractivity contribution in [1.82, 2.24) is 14.8 Å². The second-order valence-corrected chi connectivity index (χ2v) is 10.0. The van der Waals surface area contributed by atoms with E-state index >= 15 is 0 Å². The molecule has 0 bridgehead atoms. The number of hydrogen-bond acceptors (Lipinski definition) is 7. The van der Waals surface area contributed by atoms with Crippen molar-refractivity contribution in [1.29, 1.82) is 4.78 Å². The molecule has 1 amide bonds. The summed E-state index contributed by atoms with van der Waals surface area (Å²) in [4.78, 5) is 17.2. The standard InChI is InChI=1S/C25H26N5O3S/c1-16-11-17(12-24(31)29-18-14-28-30(15-18)25(2,3)4)5-8-22(16)33-23-9-10-27-21-7-6-19(34(26)32)13-20(21)23/h5-11,13-15,26H,12H2,1-4H3,(H,29,31)/q-1. The molecule has 34 heavy (non-hydrogen) atoms. The molecule has 2 aromatic heterocycles. The lowest BCUT2D eigenvalue weighted by molar-refractivity contribution is -0.115. The second kappa shape index (κ2) is 9.26. The van der Waals surface area contributed by atoms with Gasteiger partial charge >= 0.3 is 0 Å². The summed E-state index contributed by atoms with van der Waals surface area (Å²) in [5.74, 6) is 1.07. The molecule has 2 aromatic carbocycles. The van der Waals surface area contributed by atoms with Crippen molar-refractivity contribution in [2.45, 2.75) is 44.6 Å². The second-order valence-electron chi connectivity index (χ2n) is 9.03. The van der Waals surface area contributed by atoms with Gasteiger partial charge in [-0.15, -0.1) is 0 Å². The average Bonchev–Trinajstić information content (AvgIpc) is 3.24. The molecule has 0 saturated carbocycles. The summed E-state index contributed by atoms with van der Waals surface area (Å²) in [6.07, 6.45) is 5.33. The molecule has 9 heteroatoms. The lowest BCUT2D eigenvalue weighted by Gasteiger charge is -2.18. The van der Waals surface area contributed by atoms with Crippen LogP contribution >= 0.6 is 0 Å². The first kappa shape index (κ1) is 23.4. The van der Waals surface area contributed by atoms with E-state index in [1.54, 1.807) is 36.7 Å². The molecule has 176 valence electrons. The highest BCUT2D eigenvalue weighted by Gasteiger charge is 2.15. The molecule has 8 nitrogen and oxygen atoms in total. The maximum absolute atomic E-state index is 12.5. The fourth-order valence-electron chi connectivity index (χ4n) is 3.50. The minimum atomic E-state index is -1.85. The number of rotatable bonds is 6. The van der Waals surface area contributed by atoms with Gasteiger partial charge < -0.3 is 19.0 Å². The van der Waals surface area contributed by atoms with Crippen molar-refractivity contribution in [3.63, 3.8) is 0 Å². The highest BCUT2D eigenvalue weighted by Crippen LogP contribution is 2.32. The van der Waals surface area contributed by atoms with E-state index < -0.39 is 10.6 Å². The van der Waals surface area contributed by atoms with E-state index in [1.807, 2.05) is 56.8 Å². The third-order valence-corrected chi connectivity index (χ3v) is 5.95. The molecule has 0 aliphatic heterocycles. The van der Waals surface area contributed by atoms with Crippen LogP contribution in [-0.4, -0.2) is 20.7 Å². The maximum atomic E-state index is 12.5. The third kappa shape index (κ3) is 5.26. The SMILES string of the molecule is Cc1cc(CC(=O)Nc2cnn(C(C)(C)C)c2)ccc1Oc1ccnc2ccc([S-](=N)=O)cc12. The predicted octanol–water partition coefficient (Wildman–Crippen LogP) is 5.55. The Labute approximate surface area is 200 Å². The average molecular weight is 477 g/mol. The fourth-order valence-corrected chi connectivity index (χ4v) is 3.92. The van der Waals surface area contributed by atoms with Crippen LogP contribution in [0.1, 0.15) is 31.9 Å². The number of anilines is 1. The van der Waals surface area contributed by atoms with Gasteiger partial charge in [-0.25, -0.2) is 0 Å². The van der Waals surface area contributed by atoms with Crippen LogP contribution < -0.4 is 10.1 Å². The summed E-state index contributed by atoms with van der Waals surface area (Å²) in [7, 11) is -1.85. The summed E-state index contributed by atoms with van der Waals surface area (Å²) in [5, 5.41) is 7.87. The number of ether oxygens (including phenoxy) is 1. The van der Waals surface area contributed by atoms with Gasteiger partial charge in [0, 0.05) is 17.8 Å². The Bertz CT molecular complexity index is 1440. The summed E-state index contributed by atoms with van der Waals surface area (Å²) in [6, 6.07) is 12.4. The minimum absolute atomic E-state index is 0.127. The first-order valence-electron chi connectivity index (χ1n) is 10.7. The lowest BCUT2D eigenvalue weighted by Crippen LogP contribution is -2.22. The van der Waals surface area contributed by atoms with Crippen LogP contribution in [0.2, 0.25) is 0 Å². The van der Waals surface area contributed by atoms with Gasteiger partial charge in [0.1, 0.15) is 11.5 Å². The number of amides is 1. The van der Waals surface area contributed by atoms with Gasteiger partial charge in [0.2, 0.25) is 5.91 Å². The molecule has 0 saturated heterocycles. The summed E-state index contributed by atoms with van der Waals surface area (Å²) in [6.45, 7) is 8.05. The number of benzene rings is 2. The highest BCUT2D eigenvalue weighted by atomic mass is 32.2. The Morgan fingerprint density at radius 3 is 2.62 bits per heavy atom. The molecule has 2 heterocycles. The number of pyridine rings is 1. The molecule has 0 aliphatic rings. The molecular formula is C25H26N5O3S-. The minimum Gasteiger partial charge on any atom is -0.456 e. The Hall–Kier alpha value is -3.72. The van der Waals surface area contributed by atoms with Gasteiger partial charge in [0.25, 0.3) is 0 Å². The van der Waals surface area contributed by atoms with E-state index in [4.69, 9.17) is 9.52 Å². The van der Waals surface area contributed by atoms with Crippen LogP contribution in [0.4, 0.5) is 5.69 Å². The number of hydrogen-bond donors (Lipinski definition) is 2. The highest BCUT2D eigenvalue weighted by molar-refractivity contribution is 7.73. The molecule has 0 aliphatic carbocycles. The molecule has 4 aromatic rings. The van der Waals surface area contributed by atoms with E-state index in [2.05, 4.69) is 15.4 Å². The Balaban J connectivity index is 1.49. The maximum Gasteiger partial charge on any atom is 0.228 e. The zero-order chi connectivity index (χ0) is 24.5. The number of nitrogens with zero attached hydrogens (tertiary/aromatic N) is 3. The first-order valence-corrected chi connectivity index (χ1v) is 11.9. The summed E-state index contributed by atoms with van der Waals surface area (Å²) >= 11 is 0. The van der Waals surface area contributed by atoms with Gasteiger partial charge in [-0.05, 0) is 57.0 Å². The van der Waals surface area contributed by atoms with E-state index in [0.29, 0.717) is 33.0 Å². The van der Waals surface area contributed by atoms with Crippen LogP contribution in [0.15, 0.2) is 66.0 Å². The molecule has 0 unspecified atom stereocenters. The van der Waals surface area contributed by atoms with Crippen LogP contribution in [0, 0.1) is 11.7 Å². The molecule has 0 fully saturated rings. The quantitative estimate of drug-likeness (QED) is 0.354. The number of aromatic nitrogens is 3. The number of fused-ring (bicyclic) bond motifs is 1. The lowest BCUT2D eigenvalue weighted by atomic mass is 10.1. The molecule has 0 atom stereocenters. The fraction of sp³-hybridized carbons (Fsp3) is 0.240. The third-order valence-electron chi connectivity index (χ3n) is 5.26. The monoisotopic (exact) mass is 476 g/mol. The van der Waals surface area contributed by atoms with Crippen LogP contribution in [-0.2, 0) is 31.6 Å². The molecular weight excluding hydrogens is 450 g/mol. The van der Waals surface area contributed by atoms with Crippen molar-refractivity contribution in [2.75, 3.05) is 5.32 Å². The first-order chi connectivity index (χ1) is 16.1. The van der Waals surface area contributed by atoms with Crippen LogP contribution in [0.5, 0.6) is 11.5 Å². The van der Waals surface area contributed by atoms with Gasteiger partial charge in [0.15, 0.2) is 0 Å². The summed E-state index contributed by atoms with van der Waals surface area (Å²) < 4.78 is 27.0. The largest absolute Gasteiger partial charge is 0.456 e. The molecule has 0 spiro atoms. The smallest absolute Gasteiger partial charge is 0.228 e. The van der Waals surface area contributed by atoms with Crippen LogP contribution in [0.25, 0.3) is 10.9 Å². The Morgan fingerprint density at radius 2 is 1.94 bits per heavy atom. The topological polar surface area (TPSA) is 110 Å². The predicted molar refractivity (Wildman–Crippen MR) is 132 cm³/mol. The Morgan fingerprint density at radius 1 is 1.15 bits per heavy atom. The molecule has 0 radical (unpaired) electrons. The van der Waals surface area contributed by atoms with Gasteiger partial charge in [-0.3, -0.25) is 14.5 Å². The van der Waals surface area contributed by atoms with Crippen molar-refractivity contribution in [3.05, 3.63) is 72.2 Å². The van der Waals surface area contributed by atoms with Crippen molar-refractivity contribution < 1.29 is 13.7 Å². The van der Waals surface area contributed by atoms with Gasteiger partial charge in [-0.1, -0.05) is 29.2 Å². The zero-order valence-electron chi connectivity index (χ0n) is 19.5. The number of carbonyl (C=O) groups is 1. The van der Waals surface area contributed by atoms with Crippen molar-refractivity contribution >= 4 is 33.1 Å². The van der Waals surface area contributed by atoms with Crippen molar-refractivity contribution in [2.24, 2.45) is 0 Å². The number of carbonyl (C=O) groups excluding carboxylic acids is 1. The Kier molecular flexibility index (Phi) is 6.39. The van der Waals surface area contributed by atoms with E-state index in [9.17, 15) is 9.00 Å². The zero-order valence-corrected chi connectivity index (χ0v) is 20.3. The molecule has 4 rings (SSSR count). The van der Waals surface area contributed by atoms with E-state index in [1.165, 1.54) is 0 Å². The van der Waals surface area contributed by atoms with Crippen LogP contribution in [0.3, 0.4) is 0 Å². The number of aryl methyl sites for hydroxylation is 1. The number of nitrogens with one attached hydrogen (secondary N) is 2. The van der Waals surface area contributed by atoms with E-state index in [0.717, 1.165) is 11.1 Å². The van der Waals surface area contributed by atoms with Gasteiger partial charge in [-0.2, -0.15) is 15.7 Å². The van der Waals surface area contributed by atoms with Crippen molar-refractivity contribution in [3.8, 4) is 11.5 Å². The normalized spacial score (nSPS) is 11.7. The van der Waals surface area contributed by atoms with Gasteiger partial charge in [0.05, 0.1) is 29.4 Å².